The number of nitrogens with one attached hydrogen (secondary N) is 1. The molecule has 0 saturated heterocycles. The van der Waals surface area contributed by atoms with E-state index in [2.05, 4.69) is 5.32 Å². The second-order valence-corrected chi connectivity index (χ2v) is 5.58. The SMILES string of the molecule is Cc1ccc(NC(=O)C2CCCCC2C(=O)O)cc1[N+](=O)[O-]. The number of nitro groups is 1. The van der Waals surface area contributed by atoms with E-state index < -0.39 is 22.7 Å². The van der Waals surface area contributed by atoms with Gasteiger partial charge in [0.15, 0.2) is 0 Å². The maximum absolute atomic E-state index is 12.3. The summed E-state index contributed by atoms with van der Waals surface area (Å²) >= 11 is 0. The Labute approximate surface area is 127 Å². The second kappa shape index (κ2) is 6.55. The Kier molecular flexibility index (Phi) is 4.75. The number of carboxylic acid groups (broad SMARTS) is 1. The zero-order valence-electron chi connectivity index (χ0n) is 12.2. The van der Waals surface area contributed by atoms with Crippen molar-refractivity contribution in [1.29, 1.82) is 0 Å². The number of nitro benzene ring substituents is 1. The van der Waals surface area contributed by atoms with Gasteiger partial charge in [0.05, 0.1) is 16.8 Å². The fourth-order valence-electron chi connectivity index (χ4n) is 2.86. The molecule has 1 aliphatic carbocycles. The van der Waals surface area contributed by atoms with Gasteiger partial charge in [-0.25, -0.2) is 0 Å². The minimum Gasteiger partial charge on any atom is -0.481 e. The molecular formula is C15H18N2O5. The number of carboxylic acids is 1. The summed E-state index contributed by atoms with van der Waals surface area (Å²) < 4.78 is 0. The molecule has 118 valence electrons. The molecule has 1 amide bonds. The molecular weight excluding hydrogens is 288 g/mol. The van der Waals surface area contributed by atoms with Gasteiger partial charge in [0, 0.05) is 17.3 Å². The van der Waals surface area contributed by atoms with Crippen LogP contribution in [0.3, 0.4) is 0 Å². The third-order valence-corrected chi connectivity index (χ3v) is 4.09. The minimum absolute atomic E-state index is 0.0729. The van der Waals surface area contributed by atoms with E-state index in [0.717, 1.165) is 12.8 Å². The van der Waals surface area contributed by atoms with Crippen molar-refractivity contribution < 1.29 is 19.6 Å². The van der Waals surface area contributed by atoms with Crippen molar-refractivity contribution in [3.63, 3.8) is 0 Å². The summed E-state index contributed by atoms with van der Waals surface area (Å²) in [5, 5.41) is 22.7. The molecule has 0 heterocycles. The van der Waals surface area contributed by atoms with Gasteiger partial charge in [0.25, 0.3) is 5.69 Å². The zero-order valence-corrected chi connectivity index (χ0v) is 12.2. The maximum atomic E-state index is 12.3. The number of carbonyl (C=O) groups is 2. The fourth-order valence-corrected chi connectivity index (χ4v) is 2.86. The average Bonchev–Trinajstić information content (AvgIpc) is 2.48. The summed E-state index contributed by atoms with van der Waals surface area (Å²) in [5.41, 5.74) is 0.748. The van der Waals surface area contributed by atoms with Gasteiger partial charge in [-0.3, -0.25) is 19.7 Å². The topological polar surface area (TPSA) is 110 Å². The first-order chi connectivity index (χ1) is 10.4. The van der Waals surface area contributed by atoms with Crippen LogP contribution in [0.25, 0.3) is 0 Å². The Morgan fingerprint density at radius 1 is 1.27 bits per heavy atom. The smallest absolute Gasteiger partial charge is 0.307 e. The minimum atomic E-state index is -0.963. The van der Waals surface area contributed by atoms with Crippen molar-refractivity contribution in [2.75, 3.05) is 5.32 Å². The highest BCUT2D eigenvalue weighted by molar-refractivity contribution is 5.95. The highest BCUT2D eigenvalue weighted by atomic mass is 16.6. The van der Waals surface area contributed by atoms with Crippen LogP contribution in [0.2, 0.25) is 0 Å². The number of anilines is 1. The zero-order chi connectivity index (χ0) is 16.3. The molecule has 1 aromatic rings. The molecule has 2 N–H and O–H groups in total. The van der Waals surface area contributed by atoms with Gasteiger partial charge >= 0.3 is 5.97 Å². The highest BCUT2D eigenvalue weighted by Gasteiger charge is 2.35. The normalized spacial score (nSPS) is 21.1. The molecule has 1 aromatic carbocycles. The summed E-state index contributed by atoms with van der Waals surface area (Å²) in [4.78, 5) is 34.0. The lowest BCUT2D eigenvalue weighted by Gasteiger charge is -2.27. The lowest BCUT2D eigenvalue weighted by atomic mass is 9.78. The Bertz CT molecular complexity index is 614. The fraction of sp³-hybridized carbons (Fsp3) is 0.467. The molecule has 2 unspecified atom stereocenters. The summed E-state index contributed by atoms with van der Waals surface area (Å²) in [6.45, 7) is 1.62. The number of rotatable bonds is 4. The molecule has 7 heteroatoms. The van der Waals surface area contributed by atoms with Gasteiger partial charge in [0.1, 0.15) is 0 Å². The van der Waals surface area contributed by atoms with Crippen LogP contribution in [0.1, 0.15) is 31.2 Å². The molecule has 1 saturated carbocycles. The van der Waals surface area contributed by atoms with Gasteiger partial charge in [0.2, 0.25) is 5.91 Å². The number of hydrogen-bond acceptors (Lipinski definition) is 4. The third-order valence-electron chi connectivity index (χ3n) is 4.09. The molecule has 0 radical (unpaired) electrons. The summed E-state index contributed by atoms with van der Waals surface area (Å²) in [5.74, 6) is -2.62. The van der Waals surface area contributed by atoms with E-state index in [1.165, 1.54) is 6.07 Å². The highest BCUT2D eigenvalue weighted by Crippen LogP contribution is 2.31. The molecule has 7 nitrogen and oxygen atoms in total. The first kappa shape index (κ1) is 15.9. The van der Waals surface area contributed by atoms with Gasteiger partial charge in [-0.1, -0.05) is 18.9 Å². The standard InChI is InChI=1S/C15H18N2O5/c1-9-6-7-10(8-13(9)17(21)22)16-14(18)11-4-2-3-5-12(11)15(19)20/h6-8,11-12H,2-5H2,1H3,(H,16,18)(H,19,20). The molecule has 1 aliphatic rings. The molecule has 0 spiro atoms. The van der Waals surface area contributed by atoms with Crippen LogP contribution in [0.5, 0.6) is 0 Å². The van der Waals surface area contributed by atoms with Crippen molar-refractivity contribution in [3.8, 4) is 0 Å². The van der Waals surface area contributed by atoms with Crippen molar-refractivity contribution in [1.82, 2.24) is 0 Å². The first-order valence-electron chi connectivity index (χ1n) is 7.19. The number of aryl methyl sites for hydroxylation is 1. The van der Waals surface area contributed by atoms with E-state index in [-0.39, 0.29) is 11.6 Å². The molecule has 1 fully saturated rings. The van der Waals surface area contributed by atoms with E-state index >= 15 is 0 Å². The molecule has 2 rings (SSSR count). The van der Waals surface area contributed by atoms with E-state index in [9.17, 15) is 24.8 Å². The number of nitrogens with zero attached hydrogens (tertiary/aromatic N) is 1. The van der Waals surface area contributed by atoms with E-state index in [1.54, 1.807) is 19.1 Å². The number of hydrogen-bond donors (Lipinski definition) is 2. The monoisotopic (exact) mass is 306 g/mol. The van der Waals surface area contributed by atoms with Crippen molar-refractivity contribution >= 4 is 23.3 Å². The van der Waals surface area contributed by atoms with E-state index in [1.807, 2.05) is 0 Å². The largest absolute Gasteiger partial charge is 0.481 e. The number of amides is 1. The Morgan fingerprint density at radius 2 is 1.91 bits per heavy atom. The van der Waals surface area contributed by atoms with Crippen LogP contribution in [0.4, 0.5) is 11.4 Å². The second-order valence-electron chi connectivity index (χ2n) is 5.58. The predicted octanol–water partition coefficient (Wildman–Crippen LogP) is 2.73. The van der Waals surface area contributed by atoms with Crippen LogP contribution in [-0.2, 0) is 9.59 Å². The predicted molar refractivity (Wildman–Crippen MR) is 79.5 cm³/mol. The van der Waals surface area contributed by atoms with Crippen molar-refractivity contribution in [2.45, 2.75) is 32.6 Å². The molecule has 0 bridgehead atoms. The lowest BCUT2D eigenvalue weighted by Crippen LogP contribution is -2.36. The van der Waals surface area contributed by atoms with Crippen molar-refractivity contribution in [3.05, 3.63) is 33.9 Å². The van der Waals surface area contributed by atoms with Gasteiger partial charge in [-0.05, 0) is 25.8 Å². The molecule has 0 aromatic heterocycles. The summed E-state index contributed by atoms with van der Waals surface area (Å²) in [7, 11) is 0. The molecule has 22 heavy (non-hydrogen) atoms. The van der Waals surface area contributed by atoms with Crippen LogP contribution < -0.4 is 5.32 Å². The van der Waals surface area contributed by atoms with E-state index in [4.69, 9.17) is 0 Å². The number of aliphatic carboxylic acids is 1. The average molecular weight is 306 g/mol. The quantitative estimate of drug-likeness (QED) is 0.656. The van der Waals surface area contributed by atoms with Gasteiger partial charge < -0.3 is 10.4 Å². The Hall–Kier alpha value is -2.44. The summed E-state index contributed by atoms with van der Waals surface area (Å²) in [6, 6.07) is 4.44. The summed E-state index contributed by atoms with van der Waals surface area (Å²) in [6.07, 6.45) is 2.63. The van der Waals surface area contributed by atoms with Crippen LogP contribution in [0.15, 0.2) is 18.2 Å². The van der Waals surface area contributed by atoms with Crippen LogP contribution >= 0.6 is 0 Å². The Balaban J connectivity index is 2.16. The third kappa shape index (κ3) is 3.41. The van der Waals surface area contributed by atoms with Crippen LogP contribution in [-0.4, -0.2) is 21.9 Å². The van der Waals surface area contributed by atoms with Gasteiger partial charge in [-0.15, -0.1) is 0 Å². The van der Waals surface area contributed by atoms with Crippen molar-refractivity contribution in [2.24, 2.45) is 11.8 Å². The number of benzene rings is 1. The van der Waals surface area contributed by atoms with E-state index in [0.29, 0.717) is 24.1 Å². The molecule has 0 aliphatic heterocycles. The van der Waals surface area contributed by atoms with Crippen LogP contribution in [0, 0.1) is 28.9 Å². The maximum Gasteiger partial charge on any atom is 0.307 e. The van der Waals surface area contributed by atoms with Gasteiger partial charge in [-0.2, -0.15) is 0 Å². The number of carbonyl (C=O) groups excluding carboxylic acids is 1. The first-order valence-corrected chi connectivity index (χ1v) is 7.19. The molecule has 2 atom stereocenters. The lowest BCUT2D eigenvalue weighted by molar-refractivity contribution is -0.385. The Morgan fingerprint density at radius 3 is 2.50 bits per heavy atom.